The molecule has 1 nitrogen and oxygen atoms in total. The molecule has 1 unspecified atom stereocenters. The zero-order valence-electron chi connectivity index (χ0n) is 12.9. The summed E-state index contributed by atoms with van der Waals surface area (Å²) in [5, 5.41) is 0. The molecule has 0 aromatic heterocycles. The van der Waals surface area contributed by atoms with Crippen LogP contribution in [0.4, 0.5) is 0 Å². The Morgan fingerprint density at radius 1 is 0.800 bits per heavy atom. The minimum atomic E-state index is 0.449. The highest BCUT2D eigenvalue weighted by molar-refractivity contribution is 5.51. The van der Waals surface area contributed by atoms with Gasteiger partial charge >= 0.3 is 0 Å². The van der Waals surface area contributed by atoms with E-state index in [1.165, 1.54) is 76.9 Å². The van der Waals surface area contributed by atoms with Crippen LogP contribution in [0.5, 0.6) is 0 Å². The summed E-state index contributed by atoms with van der Waals surface area (Å²) in [4.78, 5) is 11.2. The van der Waals surface area contributed by atoms with Gasteiger partial charge in [-0.05, 0) is 80.0 Å². The van der Waals surface area contributed by atoms with Crippen LogP contribution in [0.2, 0.25) is 0 Å². The summed E-state index contributed by atoms with van der Waals surface area (Å²) in [5.41, 5.74) is 0.449. The maximum absolute atomic E-state index is 11.2. The van der Waals surface area contributed by atoms with Crippen LogP contribution in [0, 0.1) is 35.0 Å². The lowest BCUT2D eigenvalue weighted by molar-refractivity contribution is -0.114. The normalized spacial score (nSPS) is 50.9. The second-order valence-corrected chi connectivity index (χ2v) is 8.38. The molecular formula is C19H30O. The quantitative estimate of drug-likeness (QED) is 0.648. The van der Waals surface area contributed by atoms with Gasteiger partial charge in [-0.15, -0.1) is 0 Å². The first-order chi connectivity index (χ1) is 9.84. The number of carbonyl (C=O) groups is 1. The zero-order chi connectivity index (χ0) is 13.6. The maximum Gasteiger partial charge on any atom is 0.120 e. The lowest BCUT2D eigenvalue weighted by Gasteiger charge is -2.55. The largest absolute Gasteiger partial charge is 0.303 e. The summed E-state index contributed by atoms with van der Waals surface area (Å²) in [7, 11) is 0. The highest BCUT2D eigenvalue weighted by Crippen LogP contribution is 2.63. The molecule has 4 rings (SSSR count). The first-order valence-electron chi connectivity index (χ1n) is 9.28. The van der Waals surface area contributed by atoms with Gasteiger partial charge in [0.05, 0.1) is 0 Å². The average Bonchev–Trinajstić information content (AvgIpc) is 2.91. The molecular weight excluding hydrogens is 244 g/mol. The number of hydrogen-bond donors (Lipinski definition) is 0. The first kappa shape index (κ1) is 13.3. The van der Waals surface area contributed by atoms with E-state index >= 15 is 0 Å². The molecule has 0 amide bonds. The molecule has 4 saturated carbocycles. The van der Waals surface area contributed by atoms with Crippen molar-refractivity contribution in [2.24, 2.45) is 35.0 Å². The van der Waals surface area contributed by atoms with Crippen molar-refractivity contribution in [1.82, 2.24) is 0 Å². The summed E-state index contributed by atoms with van der Waals surface area (Å²) < 4.78 is 0. The number of carbonyl (C=O) groups excluding carboxylic acids is 1. The van der Waals surface area contributed by atoms with E-state index in [0.717, 1.165) is 36.0 Å². The van der Waals surface area contributed by atoms with E-state index in [0.29, 0.717) is 5.41 Å². The third kappa shape index (κ3) is 1.91. The molecule has 0 bridgehead atoms. The van der Waals surface area contributed by atoms with Gasteiger partial charge in [-0.3, -0.25) is 0 Å². The highest BCUT2D eigenvalue weighted by atomic mass is 16.1. The Hall–Kier alpha value is -0.330. The van der Waals surface area contributed by atoms with Crippen LogP contribution in [0.1, 0.15) is 77.0 Å². The number of aldehydes is 1. The van der Waals surface area contributed by atoms with Gasteiger partial charge in [0, 0.05) is 6.42 Å². The van der Waals surface area contributed by atoms with Crippen LogP contribution in [-0.2, 0) is 4.79 Å². The average molecular weight is 274 g/mol. The Bertz CT molecular complexity index is 376. The van der Waals surface area contributed by atoms with Crippen molar-refractivity contribution in [3.63, 3.8) is 0 Å². The Balaban J connectivity index is 1.58. The number of fused-ring (bicyclic) bond motifs is 5. The third-order valence-corrected chi connectivity index (χ3v) is 7.90. The molecule has 0 radical (unpaired) electrons. The molecule has 0 aromatic carbocycles. The predicted octanol–water partition coefficient (Wildman–Crippen LogP) is 4.99. The zero-order valence-corrected chi connectivity index (χ0v) is 12.9. The van der Waals surface area contributed by atoms with Crippen molar-refractivity contribution in [2.45, 2.75) is 77.0 Å². The van der Waals surface area contributed by atoms with Crippen LogP contribution in [0.25, 0.3) is 0 Å². The fraction of sp³-hybridized carbons (Fsp3) is 0.947. The SMILES string of the molecule is O=CC[C@@]12CCC[C@H]1[C@@H]1CCC3CCCC[C@@H]3[C@H]1CC2. The minimum Gasteiger partial charge on any atom is -0.303 e. The van der Waals surface area contributed by atoms with Gasteiger partial charge in [0.15, 0.2) is 0 Å². The molecule has 112 valence electrons. The van der Waals surface area contributed by atoms with Gasteiger partial charge < -0.3 is 4.79 Å². The van der Waals surface area contributed by atoms with Gasteiger partial charge in [-0.1, -0.05) is 25.7 Å². The van der Waals surface area contributed by atoms with E-state index in [4.69, 9.17) is 0 Å². The summed E-state index contributed by atoms with van der Waals surface area (Å²) >= 11 is 0. The Labute approximate surface area is 123 Å². The monoisotopic (exact) mass is 274 g/mol. The van der Waals surface area contributed by atoms with E-state index in [1.807, 2.05) is 0 Å². The lowest BCUT2D eigenvalue weighted by atomic mass is 9.50. The molecule has 1 heteroatoms. The fourth-order valence-electron chi connectivity index (χ4n) is 7.14. The van der Waals surface area contributed by atoms with Gasteiger partial charge in [0.2, 0.25) is 0 Å². The van der Waals surface area contributed by atoms with Crippen LogP contribution < -0.4 is 0 Å². The maximum atomic E-state index is 11.2. The highest BCUT2D eigenvalue weighted by Gasteiger charge is 2.54. The molecule has 0 aromatic rings. The first-order valence-corrected chi connectivity index (χ1v) is 9.28. The van der Waals surface area contributed by atoms with Crippen molar-refractivity contribution >= 4 is 6.29 Å². The molecule has 4 fully saturated rings. The van der Waals surface area contributed by atoms with Crippen LogP contribution >= 0.6 is 0 Å². The van der Waals surface area contributed by atoms with Crippen molar-refractivity contribution in [1.29, 1.82) is 0 Å². The second kappa shape index (κ2) is 5.14. The van der Waals surface area contributed by atoms with Gasteiger partial charge in [-0.2, -0.15) is 0 Å². The Morgan fingerprint density at radius 2 is 1.70 bits per heavy atom. The third-order valence-electron chi connectivity index (χ3n) is 7.90. The van der Waals surface area contributed by atoms with Crippen LogP contribution in [0.15, 0.2) is 0 Å². The van der Waals surface area contributed by atoms with Gasteiger partial charge in [0.25, 0.3) is 0 Å². The van der Waals surface area contributed by atoms with Gasteiger partial charge in [0.1, 0.15) is 6.29 Å². The molecule has 4 aliphatic rings. The lowest BCUT2D eigenvalue weighted by Crippen LogP contribution is -2.47. The smallest absolute Gasteiger partial charge is 0.120 e. The molecule has 0 N–H and O–H groups in total. The Kier molecular flexibility index (Phi) is 3.43. The molecule has 0 saturated heterocycles. The van der Waals surface area contributed by atoms with E-state index in [9.17, 15) is 4.79 Å². The van der Waals surface area contributed by atoms with E-state index in [1.54, 1.807) is 0 Å². The molecule has 0 spiro atoms. The number of rotatable bonds is 2. The second-order valence-electron chi connectivity index (χ2n) is 8.38. The van der Waals surface area contributed by atoms with Crippen molar-refractivity contribution in [3.05, 3.63) is 0 Å². The van der Waals surface area contributed by atoms with E-state index in [2.05, 4.69) is 0 Å². The number of hydrogen-bond acceptors (Lipinski definition) is 1. The van der Waals surface area contributed by atoms with Crippen molar-refractivity contribution < 1.29 is 4.79 Å². The summed E-state index contributed by atoms with van der Waals surface area (Å²) in [5.74, 6) is 5.08. The molecule has 6 atom stereocenters. The van der Waals surface area contributed by atoms with Gasteiger partial charge in [-0.25, -0.2) is 0 Å². The standard InChI is InChI=1S/C19H30O/c20-13-12-19-10-3-6-18(19)17-8-7-14-4-1-2-5-15(14)16(17)9-11-19/h13-18H,1-12H2/t14?,15-,16+,17+,18-,19-/m0/s1. The fourth-order valence-corrected chi connectivity index (χ4v) is 7.14. The van der Waals surface area contributed by atoms with Crippen LogP contribution in [-0.4, -0.2) is 6.29 Å². The topological polar surface area (TPSA) is 17.1 Å². The summed E-state index contributed by atoms with van der Waals surface area (Å²) in [6.07, 6.45) is 18.2. The molecule has 20 heavy (non-hydrogen) atoms. The molecule has 0 heterocycles. The van der Waals surface area contributed by atoms with Crippen LogP contribution in [0.3, 0.4) is 0 Å². The summed E-state index contributed by atoms with van der Waals surface area (Å²) in [6, 6.07) is 0. The van der Waals surface area contributed by atoms with Crippen molar-refractivity contribution in [3.8, 4) is 0 Å². The van der Waals surface area contributed by atoms with E-state index < -0.39 is 0 Å². The van der Waals surface area contributed by atoms with Crippen molar-refractivity contribution in [2.75, 3.05) is 0 Å². The minimum absolute atomic E-state index is 0.449. The van der Waals surface area contributed by atoms with E-state index in [-0.39, 0.29) is 0 Å². The predicted molar refractivity (Wildman–Crippen MR) is 81.4 cm³/mol. The Morgan fingerprint density at radius 3 is 2.60 bits per heavy atom. The molecule has 0 aliphatic heterocycles. The summed E-state index contributed by atoms with van der Waals surface area (Å²) in [6.45, 7) is 0. The molecule has 4 aliphatic carbocycles.